The van der Waals surface area contributed by atoms with Crippen LogP contribution in [0.5, 0.6) is 0 Å². The fourth-order valence-electron chi connectivity index (χ4n) is 4.22. The van der Waals surface area contributed by atoms with Crippen LogP contribution in [0, 0.1) is 13.8 Å². The molecule has 130 valence electrons. The van der Waals surface area contributed by atoms with Gasteiger partial charge in [0.2, 0.25) is 0 Å². The summed E-state index contributed by atoms with van der Waals surface area (Å²) in [6.07, 6.45) is 2.39. The molecule has 1 saturated heterocycles. The van der Waals surface area contributed by atoms with Gasteiger partial charge in [-0.1, -0.05) is 42.0 Å². The Balaban J connectivity index is 1.92. The van der Waals surface area contributed by atoms with E-state index in [1.165, 1.54) is 53.1 Å². The Morgan fingerprint density at radius 2 is 1.60 bits per heavy atom. The van der Waals surface area contributed by atoms with Crippen LogP contribution in [0.25, 0.3) is 5.57 Å². The van der Waals surface area contributed by atoms with Gasteiger partial charge in [-0.25, -0.2) is 0 Å². The molecule has 0 bridgehead atoms. The molecule has 0 saturated carbocycles. The van der Waals surface area contributed by atoms with Crippen molar-refractivity contribution in [2.45, 2.75) is 43.3 Å². The molecule has 2 aromatic rings. The highest BCUT2D eigenvalue weighted by Gasteiger charge is 2.42. The van der Waals surface area contributed by atoms with Crippen LogP contribution in [-0.4, -0.2) is 25.0 Å². The largest absolute Gasteiger partial charge is 0.306 e. The second-order valence-corrected chi connectivity index (χ2v) is 9.18. The van der Waals surface area contributed by atoms with Crippen molar-refractivity contribution in [3.63, 3.8) is 0 Å². The van der Waals surface area contributed by atoms with E-state index < -0.39 is 0 Å². The summed E-state index contributed by atoms with van der Waals surface area (Å²) in [4.78, 5) is 3.91. The van der Waals surface area contributed by atoms with Crippen molar-refractivity contribution in [2.24, 2.45) is 0 Å². The quantitative estimate of drug-likeness (QED) is 0.640. The van der Waals surface area contributed by atoms with Crippen LogP contribution in [-0.2, 0) is 4.75 Å². The van der Waals surface area contributed by atoms with Crippen LogP contribution in [0.4, 0.5) is 0 Å². The number of likely N-dealkylation sites (tertiary alicyclic amines) is 1. The third kappa shape index (κ3) is 2.86. The lowest BCUT2D eigenvalue weighted by Gasteiger charge is -2.32. The predicted molar refractivity (Wildman–Crippen MR) is 109 cm³/mol. The minimum Gasteiger partial charge on any atom is -0.306 e. The molecule has 2 heterocycles. The fourth-order valence-corrected chi connectivity index (χ4v) is 5.78. The second kappa shape index (κ2) is 6.34. The molecule has 2 aliphatic heterocycles. The fraction of sp³-hybridized carbons (Fsp3) is 0.391. The lowest BCUT2D eigenvalue weighted by atomic mass is 9.81. The molecule has 0 aromatic heterocycles. The van der Waals surface area contributed by atoms with Crippen LogP contribution in [0.3, 0.4) is 0 Å². The molecule has 0 aliphatic carbocycles. The summed E-state index contributed by atoms with van der Waals surface area (Å²) in [6.45, 7) is 9.26. The van der Waals surface area contributed by atoms with Gasteiger partial charge in [-0.15, -0.1) is 11.8 Å². The van der Waals surface area contributed by atoms with Crippen molar-refractivity contribution in [2.75, 3.05) is 20.1 Å². The highest BCUT2D eigenvalue weighted by molar-refractivity contribution is 8.01. The molecular formula is C23H27NS. The first-order valence-corrected chi connectivity index (χ1v) is 10.1. The van der Waals surface area contributed by atoms with Gasteiger partial charge in [-0.3, -0.25) is 0 Å². The maximum absolute atomic E-state index is 2.45. The Kier molecular flexibility index (Phi) is 4.29. The summed E-state index contributed by atoms with van der Waals surface area (Å²) in [5.74, 6) is 0. The number of benzene rings is 2. The number of hydrogen-bond donors (Lipinski definition) is 0. The zero-order chi connectivity index (χ0) is 17.6. The lowest BCUT2D eigenvalue weighted by molar-refractivity contribution is 0.312. The monoisotopic (exact) mass is 349 g/mol. The van der Waals surface area contributed by atoms with Gasteiger partial charge in [0, 0.05) is 18.0 Å². The molecule has 0 N–H and O–H groups in total. The van der Waals surface area contributed by atoms with Gasteiger partial charge >= 0.3 is 0 Å². The van der Waals surface area contributed by atoms with E-state index in [-0.39, 0.29) is 4.75 Å². The maximum atomic E-state index is 2.45. The molecule has 0 radical (unpaired) electrons. The summed E-state index contributed by atoms with van der Waals surface area (Å²) in [5.41, 5.74) is 8.97. The van der Waals surface area contributed by atoms with Gasteiger partial charge in [-0.2, -0.15) is 0 Å². The van der Waals surface area contributed by atoms with E-state index >= 15 is 0 Å². The topological polar surface area (TPSA) is 3.24 Å². The van der Waals surface area contributed by atoms with E-state index in [1.54, 1.807) is 11.1 Å². The predicted octanol–water partition coefficient (Wildman–Crippen LogP) is 5.80. The highest BCUT2D eigenvalue weighted by atomic mass is 32.2. The minimum atomic E-state index is 0.0229. The van der Waals surface area contributed by atoms with Crippen LogP contribution in [0.15, 0.2) is 52.9 Å². The first kappa shape index (κ1) is 16.9. The number of piperidine rings is 1. The van der Waals surface area contributed by atoms with E-state index in [0.29, 0.717) is 0 Å². The van der Waals surface area contributed by atoms with Gasteiger partial charge in [-0.05, 0) is 74.6 Å². The van der Waals surface area contributed by atoms with Crippen molar-refractivity contribution in [1.82, 2.24) is 4.90 Å². The molecule has 0 amide bonds. The molecule has 25 heavy (non-hydrogen) atoms. The molecule has 0 spiro atoms. The molecule has 1 nitrogen and oxygen atoms in total. The zero-order valence-corrected chi connectivity index (χ0v) is 16.5. The Labute approximate surface area is 156 Å². The Hall–Kier alpha value is -1.51. The zero-order valence-electron chi connectivity index (χ0n) is 15.7. The summed E-state index contributed by atoms with van der Waals surface area (Å²) in [5, 5.41) is 0. The summed E-state index contributed by atoms with van der Waals surface area (Å²) in [7, 11) is 2.24. The standard InChI is InChI=1S/C23H27NS/c1-16-14-20-21(15-17(16)2)25-23(3,19-8-6-5-7-9-19)22(20)18-10-12-24(4)13-11-18/h5-9,14-15H,10-13H2,1-4H3. The van der Waals surface area contributed by atoms with E-state index in [4.69, 9.17) is 0 Å². The van der Waals surface area contributed by atoms with Gasteiger partial charge in [0.05, 0.1) is 4.75 Å². The number of nitrogens with zero attached hydrogens (tertiary/aromatic N) is 1. The van der Waals surface area contributed by atoms with Gasteiger partial charge < -0.3 is 4.90 Å². The number of rotatable bonds is 1. The third-order valence-electron chi connectivity index (χ3n) is 5.93. The van der Waals surface area contributed by atoms with Gasteiger partial charge in [0.25, 0.3) is 0 Å². The maximum Gasteiger partial charge on any atom is 0.0681 e. The lowest BCUT2D eigenvalue weighted by Crippen LogP contribution is -2.28. The van der Waals surface area contributed by atoms with Crippen molar-refractivity contribution in [1.29, 1.82) is 0 Å². The van der Waals surface area contributed by atoms with Gasteiger partial charge in [0.1, 0.15) is 0 Å². The average Bonchev–Trinajstić information content (AvgIpc) is 2.90. The third-order valence-corrected chi connectivity index (χ3v) is 7.33. The molecule has 4 rings (SSSR count). The smallest absolute Gasteiger partial charge is 0.0681 e. The first-order chi connectivity index (χ1) is 12.0. The number of hydrogen-bond acceptors (Lipinski definition) is 2. The van der Waals surface area contributed by atoms with Crippen molar-refractivity contribution in [3.05, 3.63) is 70.3 Å². The summed E-state index contributed by atoms with van der Waals surface area (Å²) < 4.78 is 0.0229. The molecule has 2 heteroatoms. The van der Waals surface area contributed by atoms with Crippen molar-refractivity contribution >= 4 is 17.3 Å². The number of aryl methyl sites for hydroxylation is 2. The second-order valence-electron chi connectivity index (χ2n) is 7.72. The van der Waals surface area contributed by atoms with Gasteiger partial charge in [0.15, 0.2) is 0 Å². The van der Waals surface area contributed by atoms with Crippen LogP contribution in [0.2, 0.25) is 0 Å². The molecular weight excluding hydrogens is 322 g/mol. The van der Waals surface area contributed by atoms with Crippen molar-refractivity contribution < 1.29 is 0 Å². The first-order valence-electron chi connectivity index (χ1n) is 9.26. The van der Waals surface area contributed by atoms with E-state index in [9.17, 15) is 0 Å². The Morgan fingerprint density at radius 3 is 2.28 bits per heavy atom. The Morgan fingerprint density at radius 1 is 0.960 bits per heavy atom. The molecule has 2 aliphatic rings. The van der Waals surface area contributed by atoms with E-state index in [0.717, 1.165) is 0 Å². The highest BCUT2D eigenvalue weighted by Crippen LogP contribution is 2.60. The summed E-state index contributed by atoms with van der Waals surface area (Å²) >= 11 is 2.05. The normalized spacial score (nSPS) is 23.8. The minimum absolute atomic E-state index is 0.0229. The van der Waals surface area contributed by atoms with Crippen LogP contribution < -0.4 is 0 Å². The van der Waals surface area contributed by atoms with E-state index in [2.05, 4.69) is 75.2 Å². The van der Waals surface area contributed by atoms with Crippen LogP contribution >= 0.6 is 11.8 Å². The molecule has 1 fully saturated rings. The average molecular weight is 350 g/mol. The Bertz CT molecular complexity index is 827. The van der Waals surface area contributed by atoms with E-state index in [1.807, 2.05) is 11.8 Å². The van der Waals surface area contributed by atoms with Crippen LogP contribution in [0.1, 0.15) is 42.0 Å². The molecule has 2 aromatic carbocycles. The molecule has 1 unspecified atom stereocenters. The number of thioether (sulfide) groups is 1. The SMILES string of the molecule is Cc1cc2c(cc1C)C(=C1CCN(C)CC1)C(C)(c1ccccc1)S2. The van der Waals surface area contributed by atoms with Crippen molar-refractivity contribution in [3.8, 4) is 0 Å². The molecule has 1 atom stereocenters. The number of fused-ring (bicyclic) bond motifs is 1. The summed E-state index contributed by atoms with van der Waals surface area (Å²) in [6, 6.07) is 15.9.